The van der Waals surface area contributed by atoms with Gasteiger partial charge in [0, 0.05) is 48.6 Å². The van der Waals surface area contributed by atoms with Gasteiger partial charge in [-0.3, -0.25) is 4.98 Å². The molecule has 0 unspecified atom stereocenters. The van der Waals surface area contributed by atoms with E-state index < -0.39 is 0 Å². The number of halogens is 1. The Balaban J connectivity index is 1.49. The molecule has 0 fully saturated rings. The van der Waals surface area contributed by atoms with Crippen LogP contribution in [0.3, 0.4) is 0 Å². The van der Waals surface area contributed by atoms with E-state index in [0.29, 0.717) is 17.9 Å². The molecule has 0 aliphatic carbocycles. The lowest BCUT2D eigenvalue weighted by Crippen LogP contribution is -1.94. The average molecular weight is 347 g/mol. The zero-order chi connectivity index (χ0) is 17.9. The monoisotopic (exact) mass is 347 g/mol. The number of aromatic nitrogens is 4. The Morgan fingerprint density at radius 1 is 1.08 bits per heavy atom. The minimum atomic E-state index is -0.338. The van der Waals surface area contributed by atoms with Gasteiger partial charge in [-0.05, 0) is 28.8 Å². The number of aromatic amines is 1. The summed E-state index contributed by atoms with van der Waals surface area (Å²) in [5.74, 6) is 0.240. The highest BCUT2D eigenvalue weighted by Crippen LogP contribution is 2.21. The number of nitrogens with one attached hydrogen (secondary N) is 1. The highest BCUT2D eigenvalue weighted by Gasteiger charge is 2.08. The summed E-state index contributed by atoms with van der Waals surface area (Å²) in [5.41, 5.74) is 4.51. The van der Waals surface area contributed by atoms with Gasteiger partial charge in [-0.1, -0.05) is 12.1 Å². The highest BCUT2D eigenvalue weighted by molar-refractivity contribution is 5.79. The van der Waals surface area contributed by atoms with Crippen LogP contribution in [0.15, 0.2) is 55.1 Å². The number of H-pyrrole nitrogens is 1. The molecule has 0 aromatic carbocycles. The Labute approximate surface area is 149 Å². The molecule has 0 aliphatic rings. The van der Waals surface area contributed by atoms with Gasteiger partial charge < -0.3 is 9.72 Å². The number of pyridine rings is 3. The highest BCUT2D eigenvalue weighted by atomic mass is 19.1. The SMILES string of the molecule is COc1ccc([CH]c2ccc(Cc3c[nH]c4ncc(F)cc34)cn2)cn1. The summed E-state index contributed by atoms with van der Waals surface area (Å²) >= 11 is 0. The summed E-state index contributed by atoms with van der Waals surface area (Å²) in [4.78, 5) is 15.8. The quantitative estimate of drug-likeness (QED) is 0.598. The molecule has 5 nitrogen and oxygen atoms in total. The number of ether oxygens (including phenoxy) is 1. The standard InChI is InChI=1S/C20H16FN4O/c1-26-19-5-3-14(10-23-19)7-17-4-2-13(9-22-17)6-15-11-24-20-18(15)8-16(21)12-25-20/h2-5,7-12H,6H2,1H3,(H,24,25). The van der Waals surface area contributed by atoms with E-state index in [0.717, 1.165) is 27.8 Å². The van der Waals surface area contributed by atoms with Crippen molar-refractivity contribution in [2.75, 3.05) is 7.11 Å². The molecular weight excluding hydrogens is 331 g/mol. The smallest absolute Gasteiger partial charge is 0.212 e. The van der Waals surface area contributed by atoms with Crippen LogP contribution in [-0.4, -0.2) is 27.0 Å². The average Bonchev–Trinajstić information content (AvgIpc) is 3.06. The molecule has 4 aromatic rings. The van der Waals surface area contributed by atoms with Crippen molar-refractivity contribution in [2.24, 2.45) is 0 Å². The zero-order valence-corrected chi connectivity index (χ0v) is 14.1. The molecule has 0 amide bonds. The second kappa shape index (κ2) is 6.92. The van der Waals surface area contributed by atoms with E-state index in [1.54, 1.807) is 13.3 Å². The molecule has 129 valence electrons. The third kappa shape index (κ3) is 3.39. The third-order valence-electron chi connectivity index (χ3n) is 4.11. The van der Waals surface area contributed by atoms with Crippen LogP contribution >= 0.6 is 0 Å². The van der Waals surface area contributed by atoms with Gasteiger partial charge in [0.25, 0.3) is 0 Å². The van der Waals surface area contributed by atoms with Crippen LogP contribution in [0.1, 0.15) is 22.4 Å². The molecule has 4 heterocycles. The predicted octanol–water partition coefficient (Wildman–Crippen LogP) is 3.69. The van der Waals surface area contributed by atoms with E-state index in [-0.39, 0.29) is 5.82 Å². The number of methoxy groups -OCH3 is 1. The Hall–Kier alpha value is -3.28. The molecule has 0 atom stereocenters. The first-order valence-electron chi connectivity index (χ1n) is 8.12. The second-order valence-electron chi connectivity index (χ2n) is 5.91. The van der Waals surface area contributed by atoms with Crippen LogP contribution < -0.4 is 4.74 Å². The van der Waals surface area contributed by atoms with E-state index in [1.165, 1.54) is 12.3 Å². The lowest BCUT2D eigenvalue weighted by Gasteiger charge is -2.04. The Bertz CT molecular complexity index is 1030. The van der Waals surface area contributed by atoms with Crippen LogP contribution in [-0.2, 0) is 6.42 Å². The summed E-state index contributed by atoms with van der Waals surface area (Å²) in [5, 5.41) is 0.796. The van der Waals surface area contributed by atoms with Crippen LogP contribution in [0.5, 0.6) is 5.88 Å². The largest absolute Gasteiger partial charge is 0.481 e. The van der Waals surface area contributed by atoms with Crippen molar-refractivity contribution in [1.82, 2.24) is 19.9 Å². The molecule has 1 N–H and O–H groups in total. The van der Waals surface area contributed by atoms with Gasteiger partial charge >= 0.3 is 0 Å². The molecule has 0 aliphatic heterocycles. The summed E-state index contributed by atoms with van der Waals surface area (Å²) in [7, 11) is 1.59. The minimum Gasteiger partial charge on any atom is -0.481 e. The van der Waals surface area contributed by atoms with E-state index in [9.17, 15) is 4.39 Å². The van der Waals surface area contributed by atoms with Crippen LogP contribution in [0.25, 0.3) is 11.0 Å². The van der Waals surface area contributed by atoms with Gasteiger partial charge in [0.1, 0.15) is 11.5 Å². The van der Waals surface area contributed by atoms with Crippen molar-refractivity contribution in [1.29, 1.82) is 0 Å². The molecule has 6 heteroatoms. The van der Waals surface area contributed by atoms with Crippen molar-refractivity contribution in [2.45, 2.75) is 6.42 Å². The molecular formula is C20H16FN4O. The first-order valence-corrected chi connectivity index (χ1v) is 8.12. The topological polar surface area (TPSA) is 63.7 Å². The maximum atomic E-state index is 13.4. The number of hydrogen-bond donors (Lipinski definition) is 1. The van der Waals surface area contributed by atoms with Gasteiger partial charge in [0.2, 0.25) is 5.88 Å². The van der Waals surface area contributed by atoms with Gasteiger partial charge in [0.15, 0.2) is 0 Å². The first-order chi connectivity index (χ1) is 12.7. The van der Waals surface area contributed by atoms with E-state index in [2.05, 4.69) is 19.9 Å². The fourth-order valence-corrected chi connectivity index (χ4v) is 2.79. The zero-order valence-electron chi connectivity index (χ0n) is 14.1. The Morgan fingerprint density at radius 3 is 2.73 bits per heavy atom. The minimum absolute atomic E-state index is 0.338. The normalized spacial score (nSPS) is 11.0. The van der Waals surface area contributed by atoms with Gasteiger partial charge in [-0.25, -0.2) is 14.4 Å². The summed E-state index contributed by atoms with van der Waals surface area (Å²) < 4.78 is 18.5. The summed E-state index contributed by atoms with van der Waals surface area (Å²) in [6, 6.07) is 9.20. The van der Waals surface area contributed by atoms with Crippen molar-refractivity contribution < 1.29 is 9.13 Å². The number of fused-ring (bicyclic) bond motifs is 1. The van der Waals surface area contributed by atoms with E-state index in [4.69, 9.17) is 4.74 Å². The molecule has 0 saturated heterocycles. The molecule has 0 saturated carbocycles. The maximum absolute atomic E-state index is 13.4. The molecule has 4 rings (SSSR count). The van der Waals surface area contributed by atoms with Crippen LogP contribution in [0.2, 0.25) is 0 Å². The Morgan fingerprint density at radius 2 is 2.00 bits per heavy atom. The molecule has 4 aromatic heterocycles. The maximum Gasteiger partial charge on any atom is 0.212 e. The van der Waals surface area contributed by atoms with E-state index >= 15 is 0 Å². The van der Waals surface area contributed by atoms with E-state index in [1.807, 2.05) is 43.1 Å². The molecule has 0 bridgehead atoms. The van der Waals surface area contributed by atoms with Crippen molar-refractivity contribution >= 4 is 11.0 Å². The molecule has 26 heavy (non-hydrogen) atoms. The fraction of sp³-hybridized carbons (Fsp3) is 0.100. The first kappa shape index (κ1) is 16.2. The van der Waals surface area contributed by atoms with Crippen LogP contribution in [0.4, 0.5) is 4.39 Å². The number of rotatable bonds is 5. The number of hydrogen-bond acceptors (Lipinski definition) is 4. The molecule has 0 spiro atoms. The summed E-state index contributed by atoms with van der Waals surface area (Å²) in [6.07, 6.45) is 9.24. The number of nitrogens with zero attached hydrogens (tertiary/aromatic N) is 3. The lowest BCUT2D eigenvalue weighted by atomic mass is 10.1. The van der Waals surface area contributed by atoms with Gasteiger partial charge in [-0.2, -0.15) is 0 Å². The van der Waals surface area contributed by atoms with Gasteiger partial charge in [-0.15, -0.1) is 0 Å². The fourth-order valence-electron chi connectivity index (χ4n) is 2.79. The predicted molar refractivity (Wildman–Crippen MR) is 96.4 cm³/mol. The second-order valence-corrected chi connectivity index (χ2v) is 5.91. The Kier molecular flexibility index (Phi) is 4.31. The van der Waals surface area contributed by atoms with Gasteiger partial charge in [0.05, 0.1) is 13.3 Å². The molecule has 1 radical (unpaired) electrons. The summed E-state index contributed by atoms with van der Waals surface area (Å²) in [6.45, 7) is 0. The van der Waals surface area contributed by atoms with Crippen molar-refractivity contribution in [3.8, 4) is 5.88 Å². The third-order valence-corrected chi connectivity index (χ3v) is 4.11. The van der Waals surface area contributed by atoms with Crippen molar-refractivity contribution in [3.05, 3.63) is 89.7 Å². The lowest BCUT2D eigenvalue weighted by molar-refractivity contribution is 0.398. The van der Waals surface area contributed by atoms with Crippen LogP contribution in [0, 0.1) is 12.2 Å². The van der Waals surface area contributed by atoms with Crippen molar-refractivity contribution in [3.63, 3.8) is 0 Å².